The molecule has 7 heteroatoms. The molecule has 0 spiro atoms. The number of aliphatic hydroxyl groups is 1. The third kappa shape index (κ3) is 8.44. The maximum absolute atomic E-state index is 12.3. The van der Waals surface area contributed by atoms with Crippen molar-refractivity contribution in [1.29, 1.82) is 0 Å². The van der Waals surface area contributed by atoms with Gasteiger partial charge in [0.05, 0.1) is 0 Å². The van der Waals surface area contributed by atoms with Crippen molar-refractivity contribution < 1.29 is 14.7 Å². The van der Waals surface area contributed by atoms with E-state index in [4.69, 9.17) is 0 Å². The highest BCUT2D eigenvalue weighted by Gasteiger charge is 2.11. The fourth-order valence-corrected chi connectivity index (χ4v) is 3.49. The highest BCUT2D eigenvalue weighted by Crippen LogP contribution is 2.08. The lowest BCUT2D eigenvalue weighted by Crippen LogP contribution is -2.42. The minimum atomic E-state index is -0.751. The SMILES string of the molecule is O=C(NCCN(CCNC(=O)c1ccccc1)CCNC(O)c1ccccc1)c1ccccc1. The lowest BCUT2D eigenvalue weighted by atomic mass is 10.2. The van der Waals surface area contributed by atoms with Crippen molar-refractivity contribution in [3.63, 3.8) is 0 Å². The Hall–Kier alpha value is -3.52. The van der Waals surface area contributed by atoms with Crippen LogP contribution in [0.2, 0.25) is 0 Å². The van der Waals surface area contributed by atoms with Crippen LogP contribution in [0.1, 0.15) is 32.5 Å². The first-order chi connectivity index (χ1) is 16.6. The van der Waals surface area contributed by atoms with Gasteiger partial charge >= 0.3 is 0 Å². The molecule has 178 valence electrons. The molecular formula is C27H32N4O3. The second kappa shape index (κ2) is 13.9. The molecule has 0 aliphatic rings. The van der Waals surface area contributed by atoms with Crippen LogP contribution >= 0.6 is 0 Å². The van der Waals surface area contributed by atoms with Crippen LogP contribution in [-0.4, -0.2) is 61.1 Å². The highest BCUT2D eigenvalue weighted by atomic mass is 16.3. The third-order valence-electron chi connectivity index (χ3n) is 5.38. The number of hydrogen-bond acceptors (Lipinski definition) is 5. The molecule has 0 heterocycles. The quantitative estimate of drug-likeness (QED) is 0.294. The Morgan fingerprint density at radius 2 is 1.06 bits per heavy atom. The monoisotopic (exact) mass is 460 g/mol. The molecule has 1 atom stereocenters. The second-order valence-electron chi connectivity index (χ2n) is 7.85. The molecule has 0 fully saturated rings. The van der Waals surface area contributed by atoms with Gasteiger partial charge in [0, 0.05) is 50.4 Å². The molecule has 0 aromatic heterocycles. The van der Waals surface area contributed by atoms with Gasteiger partial charge in [0.15, 0.2) is 0 Å². The van der Waals surface area contributed by atoms with E-state index < -0.39 is 6.23 Å². The first kappa shape index (κ1) is 25.1. The van der Waals surface area contributed by atoms with Gasteiger partial charge in [0.2, 0.25) is 0 Å². The summed E-state index contributed by atoms with van der Waals surface area (Å²) in [6, 6.07) is 27.6. The van der Waals surface area contributed by atoms with Crippen molar-refractivity contribution in [1.82, 2.24) is 20.9 Å². The zero-order valence-corrected chi connectivity index (χ0v) is 19.2. The minimum absolute atomic E-state index is 0.115. The Morgan fingerprint density at radius 3 is 1.53 bits per heavy atom. The zero-order chi connectivity index (χ0) is 24.0. The number of amides is 2. The minimum Gasteiger partial charge on any atom is -0.374 e. The van der Waals surface area contributed by atoms with E-state index in [-0.39, 0.29) is 11.8 Å². The molecule has 3 aromatic rings. The Bertz CT molecular complexity index is 943. The summed E-state index contributed by atoms with van der Waals surface area (Å²) in [6.45, 7) is 3.37. The van der Waals surface area contributed by atoms with Crippen LogP contribution in [-0.2, 0) is 0 Å². The van der Waals surface area contributed by atoms with E-state index in [1.165, 1.54) is 0 Å². The average molecular weight is 461 g/mol. The van der Waals surface area contributed by atoms with Crippen LogP contribution in [0, 0.1) is 0 Å². The molecule has 2 amide bonds. The van der Waals surface area contributed by atoms with Gasteiger partial charge in [0.1, 0.15) is 6.23 Å². The van der Waals surface area contributed by atoms with Crippen LogP contribution in [0.25, 0.3) is 0 Å². The van der Waals surface area contributed by atoms with Crippen LogP contribution in [0.15, 0.2) is 91.0 Å². The second-order valence-corrected chi connectivity index (χ2v) is 7.85. The van der Waals surface area contributed by atoms with Crippen molar-refractivity contribution in [2.45, 2.75) is 6.23 Å². The molecule has 3 rings (SSSR count). The fraction of sp³-hybridized carbons (Fsp3) is 0.259. The number of aliphatic hydroxyl groups excluding tert-OH is 1. The molecule has 0 saturated heterocycles. The average Bonchev–Trinajstić information content (AvgIpc) is 2.89. The van der Waals surface area contributed by atoms with E-state index in [1.807, 2.05) is 66.7 Å². The molecule has 0 radical (unpaired) electrons. The molecule has 7 nitrogen and oxygen atoms in total. The van der Waals surface area contributed by atoms with Crippen molar-refractivity contribution in [2.24, 2.45) is 0 Å². The molecule has 3 aromatic carbocycles. The maximum Gasteiger partial charge on any atom is 0.251 e. The standard InChI is InChI=1S/C27H32N4O3/c32-25(22-10-4-1-5-11-22)28-16-19-31(20-17-29-26(33)23-12-6-2-7-13-23)21-18-30-27(34)24-14-8-3-9-15-24/h1-15,25,28,32H,16-21H2,(H,29,33)(H,30,34). The predicted molar refractivity (Wildman–Crippen MR) is 133 cm³/mol. The van der Waals surface area contributed by atoms with Gasteiger partial charge in [-0.1, -0.05) is 66.7 Å². The van der Waals surface area contributed by atoms with Crippen molar-refractivity contribution in [3.05, 3.63) is 108 Å². The van der Waals surface area contributed by atoms with Gasteiger partial charge in [-0.15, -0.1) is 0 Å². The highest BCUT2D eigenvalue weighted by molar-refractivity contribution is 5.94. The van der Waals surface area contributed by atoms with Crippen LogP contribution in [0.4, 0.5) is 0 Å². The van der Waals surface area contributed by atoms with Crippen LogP contribution in [0.3, 0.4) is 0 Å². The van der Waals surface area contributed by atoms with E-state index in [0.29, 0.717) is 50.4 Å². The molecule has 34 heavy (non-hydrogen) atoms. The lowest BCUT2D eigenvalue weighted by Gasteiger charge is -2.24. The van der Waals surface area contributed by atoms with Gasteiger partial charge in [0.25, 0.3) is 11.8 Å². The smallest absolute Gasteiger partial charge is 0.251 e. The van der Waals surface area contributed by atoms with E-state index >= 15 is 0 Å². The van der Waals surface area contributed by atoms with Crippen LogP contribution in [0.5, 0.6) is 0 Å². The summed E-state index contributed by atoms with van der Waals surface area (Å²) in [4.78, 5) is 26.8. The summed E-state index contributed by atoms with van der Waals surface area (Å²) in [5.41, 5.74) is 2.05. The Morgan fingerprint density at radius 1 is 0.647 bits per heavy atom. The van der Waals surface area contributed by atoms with Gasteiger partial charge in [-0.05, 0) is 29.8 Å². The first-order valence-corrected chi connectivity index (χ1v) is 11.5. The number of rotatable bonds is 13. The molecule has 0 aliphatic heterocycles. The van der Waals surface area contributed by atoms with Crippen molar-refractivity contribution in [3.8, 4) is 0 Å². The molecular weight excluding hydrogens is 428 g/mol. The summed E-state index contributed by atoms with van der Waals surface area (Å²) >= 11 is 0. The molecule has 0 saturated carbocycles. The summed E-state index contributed by atoms with van der Waals surface area (Å²) in [5, 5.41) is 19.3. The summed E-state index contributed by atoms with van der Waals surface area (Å²) in [6.07, 6.45) is -0.751. The van der Waals surface area contributed by atoms with Crippen LogP contribution < -0.4 is 16.0 Å². The van der Waals surface area contributed by atoms with Gasteiger partial charge in [-0.25, -0.2) is 0 Å². The number of nitrogens with zero attached hydrogens (tertiary/aromatic N) is 1. The van der Waals surface area contributed by atoms with E-state index in [9.17, 15) is 14.7 Å². The van der Waals surface area contributed by atoms with Gasteiger partial charge in [-0.3, -0.25) is 19.8 Å². The molecule has 0 aliphatic carbocycles. The fourth-order valence-electron chi connectivity index (χ4n) is 3.49. The Kier molecular flexibility index (Phi) is 10.3. The lowest BCUT2D eigenvalue weighted by molar-refractivity contribution is 0.0947. The Labute approximate surface area is 200 Å². The number of carbonyl (C=O) groups excluding carboxylic acids is 2. The topological polar surface area (TPSA) is 93.7 Å². The van der Waals surface area contributed by atoms with Crippen molar-refractivity contribution in [2.75, 3.05) is 39.3 Å². The van der Waals surface area contributed by atoms with Gasteiger partial charge < -0.3 is 15.7 Å². The van der Waals surface area contributed by atoms with Gasteiger partial charge in [-0.2, -0.15) is 0 Å². The predicted octanol–water partition coefficient (Wildman–Crippen LogP) is 2.43. The largest absolute Gasteiger partial charge is 0.374 e. The molecule has 1 unspecified atom stereocenters. The maximum atomic E-state index is 12.3. The van der Waals surface area contributed by atoms with E-state index in [2.05, 4.69) is 20.9 Å². The summed E-state index contributed by atoms with van der Waals surface area (Å²) < 4.78 is 0. The molecule has 4 N–H and O–H groups in total. The van der Waals surface area contributed by atoms with E-state index in [1.54, 1.807) is 24.3 Å². The number of hydrogen-bond donors (Lipinski definition) is 4. The van der Waals surface area contributed by atoms with Crippen molar-refractivity contribution >= 4 is 11.8 Å². The zero-order valence-electron chi connectivity index (χ0n) is 19.2. The number of carbonyl (C=O) groups is 2. The molecule has 0 bridgehead atoms. The van der Waals surface area contributed by atoms with E-state index in [0.717, 1.165) is 5.56 Å². The summed E-state index contributed by atoms with van der Waals surface area (Å²) in [7, 11) is 0. The number of benzene rings is 3. The summed E-state index contributed by atoms with van der Waals surface area (Å²) in [5.74, 6) is -0.230. The third-order valence-corrected chi connectivity index (χ3v) is 5.38. The first-order valence-electron chi connectivity index (χ1n) is 11.5. The number of nitrogens with one attached hydrogen (secondary N) is 3. The normalized spacial score (nSPS) is 11.7. The Balaban J connectivity index is 1.47.